The van der Waals surface area contributed by atoms with Crippen molar-refractivity contribution in [3.05, 3.63) is 35.4 Å². The zero-order valence-electron chi connectivity index (χ0n) is 9.13. The van der Waals surface area contributed by atoms with Crippen LogP contribution < -0.4 is 4.74 Å². The maximum Gasteiger partial charge on any atom is 0.338 e. The van der Waals surface area contributed by atoms with E-state index in [1.807, 2.05) is 0 Å². The van der Waals surface area contributed by atoms with Crippen LogP contribution in [-0.4, -0.2) is 11.1 Å². The summed E-state index contributed by atoms with van der Waals surface area (Å²) in [5.41, 5.74) is 1.80. The van der Waals surface area contributed by atoms with Crippen molar-refractivity contribution < 1.29 is 14.6 Å². The number of phenols is 1. The van der Waals surface area contributed by atoms with Crippen LogP contribution in [0.5, 0.6) is 11.5 Å². The van der Waals surface area contributed by atoms with Gasteiger partial charge in [-0.15, -0.1) is 0 Å². The first kappa shape index (κ1) is 11.3. The van der Waals surface area contributed by atoms with Gasteiger partial charge in [-0.2, -0.15) is 0 Å². The molecule has 0 amide bonds. The molecule has 0 aliphatic rings. The van der Waals surface area contributed by atoms with Crippen LogP contribution in [0.25, 0.3) is 0 Å². The second kappa shape index (κ2) is 4.17. The fourth-order valence-corrected chi connectivity index (χ4v) is 1.27. The molecule has 0 atom stereocenters. The third kappa shape index (κ3) is 2.59. The van der Waals surface area contributed by atoms with Gasteiger partial charge in [0, 0.05) is 5.57 Å². The predicted molar refractivity (Wildman–Crippen MR) is 58.0 cm³/mol. The van der Waals surface area contributed by atoms with Crippen LogP contribution in [0.2, 0.25) is 0 Å². The van der Waals surface area contributed by atoms with Crippen molar-refractivity contribution in [2.75, 3.05) is 0 Å². The summed E-state index contributed by atoms with van der Waals surface area (Å²) in [6.45, 7) is 8.64. The summed E-state index contributed by atoms with van der Waals surface area (Å²) in [4.78, 5) is 11.3. The Morgan fingerprint density at radius 2 is 1.80 bits per heavy atom. The van der Waals surface area contributed by atoms with Gasteiger partial charge in [0.1, 0.15) is 11.5 Å². The Bertz CT molecular complexity index is 396. The standard InChI is InChI=1S/C12H14O3/c1-7(2)12(14)15-11-8(3)5-10(13)6-9(11)4/h5-6,13H,1H2,2-4H3. The van der Waals surface area contributed by atoms with E-state index in [-0.39, 0.29) is 5.75 Å². The monoisotopic (exact) mass is 206 g/mol. The van der Waals surface area contributed by atoms with E-state index in [2.05, 4.69) is 6.58 Å². The largest absolute Gasteiger partial charge is 0.508 e. The molecule has 0 spiro atoms. The molecule has 3 heteroatoms. The molecule has 0 saturated heterocycles. The van der Waals surface area contributed by atoms with E-state index < -0.39 is 5.97 Å². The van der Waals surface area contributed by atoms with Crippen LogP contribution >= 0.6 is 0 Å². The summed E-state index contributed by atoms with van der Waals surface area (Å²) in [5.74, 6) is 0.202. The van der Waals surface area contributed by atoms with Gasteiger partial charge in [0.15, 0.2) is 0 Å². The van der Waals surface area contributed by atoms with Gasteiger partial charge in [0.05, 0.1) is 0 Å². The Morgan fingerprint density at radius 3 is 2.20 bits per heavy atom. The third-order valence-electron chi connectivity index (χ3n) is 1.99. The number of hydrogen-bond acceptors (Lipinski definition) is 3. The average Bonchev–Trinajstić information content (AvgIpc) is 2.10. The molecule has 0 heterocycles. The Morgan fingerprint density at radius 1 is 1.33 bits per heavy atom. The van der Waals surface area contributed by atoms with E-state index in [4.69, 9.17) is 4.74 Å². The molecule has 0 bridgehead atoms. The van der Waals surface area contributed by atoms with Crippen molar-refractivity contribution in [1.82, 2.24) is 0 Å². The number of carbonyl (C=O) groups is 1. The molecule has 15 heavy (non-hydrogen) atoms. The van der Waals surface area contributed by atoms with Gasteiger partial charge < -0.3 is 9.84 Å². The molecular formula is C12H14O3. The summed E-state index contributed by atoms with van der Waals surface area (Å²) in [6.07, 6.45) is 0. The summed E-state index contributed by atoms with van der Waals surface area (Å²) in [7, 11) is 0. The molecule has 0 fully saturated rings. The molecular weight excluding hydrogens is 192 g/mol. The smallest absolute Gasteiger partial charge is 0.338 e. The van der Waals surface area contributed by atoms with Gasteiger partial charge in [0.2, 0.25) is 0 Å². The van der Waals surface area contributed by atoms with E-state index in [1.54, 1.807) is 32.9 Å². The molecule has 1 N–H and O–H groups in total. The van der Waals surface area contributed by atoms with E-state index in [9.17, 15) is 9.90 Å². The Hall–Kier alpha value is -1.77. The topological polar surface area (TPSA) is 46.5 Å². The minimum Gasteiger partial charge on any atom is -0.508 e. The highest BCUT2D eigenvalue weighted by molar-refractivity contribution is 5.89. The van der Waals surface area contributed by atoms with Crippen molar-refractivity contribution in [3.8, 4) is 11.5 Å². The maximum atomic E-state index is 11.3. The first-order valence-electron chi connectivity index (χ1n) is 4.59. The number of benzene rings is 1. The molecule has 0 aromatic heterocycles. The summed E-state index contributed by atoms with van der Waals surface area (Å²) < 4.78 is 5.14. The van der Waals surface area contributed by atoms with Crippen LogP contribution in [0, 0.1) is 13.8 Å². The minimum atomic E-state index is -0.452. The Labute approximate surface area is 89.0 Å². The van der Waals surface area contributed by atoms with Crippen molar-refractivity contribution in [2.45, 2.75) is 20.8 Å². The van der Waals surface area contributed by atoms with E-state index in [0.717, 1.165) is 11.1 Å². The summed E-state index contributed by atoms with van der Waals surface area (Å²) >= 11 is 0. The highest BCUT2D eigenvalue weighted by atomic mass is 16.5. The highest BCUT2D eigenvalue weighted by Gasteiger charge is 2.11. The number of aryl methyl sites for hydroxylation is 2. The first-order valence-corrected chi connectivity index (χ1v) is 4.59. The van der Waals surface area contributed by atoms with Crippen LogP contribution in [0.4, 0.5) is 0 Å². The molecule has 0 saturated carbocycles. The van der Waals surface area contributed by atoms with Crippen LogP contribution in [0.15, 0.2) is 24.3 Å². The zero-order valence-corrected chi connectivity index (χ0v) is 9.13. The molecule has 1 aromatic carbocycles. The normalized spacial score (nSPS) is 9.80. The lowest BCUT2D eigenvalue weighted by molar-refractivity contribution is -0.130. The second-order valence-corrected chi connectivity index (χ2v) is 3.58. The SMILES string of the molecule is C=C(C)C(=O)Oc1c(C)cc(O)cc1C. The number of ether oxygens (including phenoxy) is 1. The molecule has 3 nitrogen and oxygen atoms in total. The molecule has 0 radical (unpaired) electrons. The Balaban J connectivity index is 3.05. The lowest BCUT2D eigenvalue weighted by Crippen LogP contribution is -2.10. The van der Waals surface area contributed by atoms with Crippen LogP contribution in [-0.2, 0) is 4.79 Å². The van der Waals surface area contributed by atoms with Crippen LogP contribution in [0.3, 0.4) is 0 Å². The first-order chi connectivity index (χ1) is 6.91. The molecule has 0 unspecified atom stereocenters. The van der Waals surface area contributed by atoms with E-state index in [1.165, 1.54) is 0 Å². The van der Waals surface area contributed by atoms with E-state index in [0.29, 0.717) is 11.3 Å². The summed E-state index contributed by atoms with van der Waals surface area (Å²) in [5, 5.41) is 9.30. The minimum absolute atomic E-state index is 0.167. The van der Waals surface area contributed by atoms with Crippen molar-refractivity contribution in [3.63, 3.8) is 0 Å². The fourth-order valence-electron chi connectivity index (χ4n) is 1.27. The number of aromatic hydroxyl groups is 1. The molecule has 1 aromatic rings. The highest BCUT2D eigenvalue weighted by Crippen LogP contribution is 2.28. The van der Waals surface area contributed by atoms with Gasteiger partial charge in [-0.05, 0) is 44.0 Å². The van der Waals surface area contributed by atoms with Gasteiger partial charge >= 0.3 is 5.97 Å². The number of hydrogen-bond donors (Lipinski definition) is 1. The zero-order chi connectivity index (χ0) is 11.6. The molecule has 1 rings (SSSR count). The Kier molecular flexibility index (Phi) is 3.14. The molecule has 0 aliphatic carbocycles. The predicted octanol–water partition coefficient (Wildman–Crippen LogP) is 2.49. The maximum absolute atomic E-state index is 11.3. The van der Waals surface area contributed by atoms with Crippen molar-refractivity contribution in [1.29, 1.82) is 0 Å². The molecule has 80 valence electrons. The van der Waals surface area contributed by atoms with Crippen molar-refractivity contribution >= 4 is 5.97 Å². The average molecular weight is 206 g/mol. The third-order valence-corrected chi connectivity index (χ3v) is 1.99. The van der Waals surface area contributed by atoms with Crippen LogP contribution in [0.1, 0.15) is 18.1 Å². The quantitative estimate of drug-likeness (QED) is 0.459. The lowest BCUT2D eigenvalue weighted by Gasteiger charge is -2.10. The van der Waals surface area contributed by atoms with Gasteiger partial charge in [-0.25, -0.2) is 4.79 Å². The number of rotatable bonds is 2. The van der Waals surface area contributed by atoms with Gasteiger partial charge in [-0.3, -0.25) is 0 Å². The number of carbonyl (C=O) groups excluding carboxylic acids is 1. The van der Waals surface area contributed by atoms with Gasteiger partial charge in [0.25, 0.3) is 0 Å². The lowest BCUT2D eigenvalue weighted by atomic mass is 10.1. The fraction of sp³-hybridized carbons (Fsp3) is 0.250. The van der Waals surface area contributed by atoms with Crippen molar-refractivity contribution in [2.24, 2.45) is 0 Å². The molecule has 0 aliphatic heterocycles. The van der Waals surface area contributed by atoms with Gasteiger partial charge in [-0.1, -0.05) is 6.58 Å². The number of esters is 1. The summed E-state index contributed by atoms with van der Waals surface area (Å²) in [6, 6.07) is 3.10. The number of phenolic OH excluding ortho intramolecular Hbond substituents is 1. The second-order valence-electron chi connectivity index (χ2n) is 3.58. The van der Waals surface area contributed by atoms with E-state index >= 15 is 0 Å².